The van der Waals surface area contributed by atoms with E-state index in [1.165, 1.54) is 30.4 Å². The molecule has 0 bridgehead atoms. The molecule has 1 aromatic heterocycles. The molecule has 0 radical (unpaired) electrons. The van der Waals surface area contributed by atoms with Crippen molar-refractivity contribution in [1.29, 1.82) is 0 Å². The zero-order valence-electron chi connectivity index (χ0n) is 11.9. The Labute approximate surface area is 121 Å². The fourth-order valence-electron chi connectivity index (χ4n) is 3.37. The molecule has 2 unspecified atom stereocenters. The zero-order valence-corrected chi connectivity index (χ0v) is 11.9. The van der Waals surface area contributed by atoms with Crippen LogP contribution in [0.25, 0.3) is 0 Å². The molecule has 106 valence electrons. The maximum Gasteiger partial charge on any atom is 0.103 e. The lowest BCUT2D eigenvalue weighted by Gasteiger charge is -2.27. The predicted molar refractivity (Wildman–Crippen MR) is 81.7 cm³/mol. The summed E-state index contributed by atoms with van der Waals surface area (Å²) in [6.07, 6.45) is 8.59. The molecule has 0 spiro atoms. The van der Waals surface area contributed by atoms with Crippen LogP contribution in [0.3, 0.4) is 0 Å². The number of furan rings is 1. The molecule has 20 heavy (non-hydrogen) atoms. The normalized spacial score (nSPS) is 19.6. The molecule has 2 atom stereocenters. The van der Waals surface area contributed by atoms with E-state index in [0.29, 0.717) is 5.92 Å². The third-order valence-corrected chi connectivity index (χ3v) is 4.42. The summed E-state index contributed by atoms with van der Waals surface area (Å²) in [7, 11) is 0. The lowest BCUT2D eigenvalue weighted by molar-refractivity contribution is 0.433. The number of aryl methyl sites for hydroxylation is 2. The molecule has 0 saturated carbocycles. The summed E-state index contributed by atoms with van der Waals surface area (Å²) in [6, 6.07) is 13.1. The quantitative estimate of drug-likeness (QED) is 0.889. The first kappa shape index (κ1) is 13.4. The molecule has 2 heteroatoms. The first-order valence-corrected chi connectivity index (χ1v) is 7.68. The van der Waals surface area contributed by atoms with Crippen molar-refractivity contribution in [2.45, 2.75) is 50.5 Å². The van der Waals surface area contributed by atoms with E-state index < -0.39 is 0 Å². The molecule has 2 nitrogen and oxygen atoms in total. The molecule has 2 N–H and O–H groups in total. The second kappa shape index (κ2) is 6.27. The van der Waals surface area contributed by atoms with E-state index in [1.807, 2.05) is 12.1 Å². The molecular weight excluding hydrogens is 246 g/mol. The third kappa shape index (κ3) is 3.13. The van der Waals surface area contributed by atoms with Crippen LogP contribution in [-0.2, 0) is 12.8 Å². The monoisotopic (exact) mass is 269 g/mol. The van der Waals surface area contributed by atoms with E-state index in [4.69, 9.17) is 10.2 Å². The highest BCUT2D eigenvalue weighted by Gasteiger charge is 2.21. The van der Waals surface area contributed by atoms with Crippen LogP contribution < -0.4 is 5.73 Å². The van der Waals surface area contributed by atoms with Gasteiger partial charge in [-0.3, -0.25) is 0 Å². The van der Waals surface area contributed by atoms with Gasteiger partial charge in [-0.25, -0.2) is 0 Å². The summed E-state index contributed by atoms with van der Waals surface area (Å²) in [5.74, 6) is 1.69. The van der Waals surface area contributed by atoms with Gasteiger partial charge in [0, 0.05) is 12.5 Å². The molecule has 0 aliphatic heterocycles. The minimum atomic E-state index is 0.260. The minimum absolute atomic E-state index is 0.260. The van der Waals surface area contributed by atoms with Crippen LogP contribution in [0.15, 0.2) is 47.1 Å². The van der Waals surface area contributed by atoms with Crippen molar-refractivity contribution in [3.8, 4) is 0 Å². The highest BCUT2D eigenvalue weighted by molar-refractivity contribution is 5.32. The minimum Gasteiger partial charge on any atom is -0.469 e. The molecular formula is C18H23NO. The van der Waals surface area contributed by atoms with Gasteiger partial charge in [0.15, 0.2) is 0 Å². The fourth-order valence-corrected chi connectivity index (χ4v) is 3.37. The van der Waals surface area contributed by atoms with Crippen molar-refractivity contribution in [2.75, 3.05) is 0 Å². The fraction of sp³-hybridized carbons (Fsp3) is 0.444. The Morgan fingerprint density at radius 2 is 2.10 bits per heavy atom. The largest absolute Gasteiger partial charge is 0.469 e. The Morgan fingerprint density at radius 1 is 1.20 bits per heavy atom. The van der Waals surface area contributed by atoms with Gasteiger partial charge in [-0.2, -0.15) is 0 Å². The molecule has 0 amide bonds. The molecule has 3 rings (SSSR count). The van der Waals surface area contributed by atoms with Crippen LogP contribution in [0.5, 0.6) is 0 Å². The van der Waals surface area contributed by atoms with Gasteiger partial charge < -0.3 is 10.2 Å². The smallest absolute Gasteiger partial charge is 0.103 e. The van der Waals surface area contributed by atoms with E-state index in [1.54, 1.807) is 6.26 Å². The van der Waals surface area contributed by atoms with Crippen molar-refractivity contribution < 1.29 is 4.42 Å². The summed E-state index contributed by atoms with van der Waals surface area (Å²) < 4.78 is 5.37. The Hall–Kier alpha value is -1.54. The Morgan fingerprint density at radius 3 is 2.95 bits per heavy atom. The van der Waals surface area contributed by atoms with Gasteiger partial charge in [0.25, 0.3) is 0 Å². The average Bonchev–Trinajstić information content (AvgIpc) is 2.99. The third-order valence-electron chi connectivity index (χ3n) is 4.42. The molecule has 1 heterocycles. The van der Waals surface area contributed by atoms with E-state index >= 15 is 0 Å². The molecule has 1 aliphatic carbocycles. The predicted octanol–water partition coefficient (Wildman–Crippen LogP) is 4.05. The van der Waals surface area contributed by atoms with Crippen molar-refractivity contribution >= 4 is 0 Å². The summed E-state index contributed by atoms with van der Waals surface area (Å²) in [4.78, 5) is 0. The maximum absolute atomic E-state index is 6.34. The van der Waals surface area contributed by atoms with E-state index in [-0.39, 0.29) is 6.04 Å². The van der Waals surface area contributed by atoms with Gasteiger partial charge in [-0.15, -0.1) is 0 Å². The SMILES string of the molecule is NC(CCc1ccco1)CC1CCCc2ccccc21. The summed E-state index contributed by atoms with van der Waals surface area (Å²) >= 11 is 0. The highest BCUT2D eigenvalue weighted by atomic mass is 16.3. The van der Waals surface area contributed by atoms with Gasteiger partial charge in [-0.1, -0.05) is 24.3 Å². The Kier molecular flexibility index (Phi) is 4.22. The number of nitrogens with two attached hydrogens (primary N) is 1. The van der Waals surface area contributed by atoms with Crippen LogP contribution in [0.4, 0.5) is 0 Å². The number of rotatable bonds is 5. The lowest BCUT2D eigenvalue weighted by atomic mass is 9.79. The topological polar surface area (TPSA) is 39.2 Å². The van der Waals surface area contributed by atoms with Crippen molar-refractivity contribution in [3.63, 3.8) is 0 Å². The Balaban J connectivity index is 1.58. The highest BCUT2D eigenvalue weighted by Crippen LogP contribution is 2.34. The van der Waals surface area contributed by atoms with Gasteiger partial charge in [0.2, 0.25) is 0 Å². The average molecular weight is 269 g/mol. The van der Waals surface area contributed by atoms with Gasteiger partial charge in [0.1, 0.15) is 5.76 Å². The second-order valence-electron chi connectivity index (χ2n) is 5.90. The molecule has 2 aromatic rings. The van der Waals surface area contributed by atoms with Crippen LogP contribution >= 0.6 is 0 Å². The van der Waals surface area contributed by atoms with Crippen LogP contribution in [-0.4, -0.2) is 6.04 Å². The van der Waals surface area contributed by atoms with Crippen molar-refractivity contribution in [1.82, 2.24) is 0 Å². The number of hydrogen-bond donors (Lipinski definition) is 1. The van der Waals surface area contributed by atoms with Gasteiger partial charge in [0.05, 0.1) is 6.26 Å². The van der Waals surface area contributed by atoms with Crippen molar-refractivity contribution in [2.24, 2.45) is 5.73 Å². The summed E-state index contributed by atoms with van der Waals surface area (Å²) in [5, 5.41) is 0. The maximum atomic E-state index is 6.34. The molecule has 1 aliphatic rings. The lowest BCUT2D eigenvalue weighted by Crippen LogP contribution is -2.25. The van der Waals surface area contributed by atoms with E-state index in [9.17, 15) is 0 Å². The Bertz CT molecular complexity index is 532. The standard InChI is InChI=1S/C18H23NO/c19-16(10-11-17-8-4-12-20-17)13-15-7-3-6-14-5-1-2-9-18(14)15/h1-2,4-5,8-9,12,15-16H,3,6-7,10-11,13,19H2. The van der Waals surface area contributed by atoms with Crippen molar-refractivity contribution in [3.05, 3.63) is 59.5 Å². The first-order chi connectivity index (χ1) is 9.83. The molecule has 1 aromatic carbocycles. The van der Waals surface area contributed by atoms with Crippen LogP contribution in [0, 0.1) is 0 Å². The van der Waals surface area contributed by atoms with Gasteiger partial charge >= 0.3 is 0 Å². The van der Waals surface area contributed by atoms with Gasteiger partial charge in [-0.05, 0) is 61.3 Å². The number of fused-ring (bicyclic) bond motifs is 1. The first-order valence-electron chi connectivity index (χ1n) is 7.68. The molecule has 0 saturated heterocycles. The summed E-state index contributed by atoms with van der Waals surface area (Å²) in [6.45, 7) is 0. The zero-order chi connectivity index (χ0) is 13.8. The van der Waals surface area contributed by atoms with E-state index in [2.05, 4.69) is 24.3 Å². The van der Waals surface area contributed by atoms with Crippen LogP contribution in [0.2, 0.25) is 0 Å². The molecule has 0 fully saturated rings. The summed E-state index contributed by atoms with van der Waals surface area (Å²) in [5.41, 5.74) is 9.40. The number of hydrogen-bond acceptors (Lipinski definition) is 2. The van der Waals surface area contributed by atoms with Crippen LogP contribution in [0.1, 0.15) is 48.5 Å². The second-order valence-corrected chi connectivity index (χ2v) is 5.90. The number of benzene rings is 1. The van der Waals surface area contributed by atoms with E-state index in [0.717, 1.165) is 25.0 Å².